The molecule has 1 aromatic carbocycles. The highest BCUT2D eigenvalue weighted by Gasteiger charge is 2.30. The number of aromatic nitrogens is 3. The lowest BCUT2D eigenvalue weighted by Crippen LogP contribution is -2.07. The summed E-state index contributed by atoms with van der Waals surface area (Å²) >= 11 is 0. The maximum atomic E-state index is 12.4. The normalized spacial score (nSPS) is 11.6. The van der Waals surface area contributed by atoms with Crippen LogP contribution in [0.1, 0.15) is 21.6 Å². The average Bonchev–Trinajstić information content (AvgIpc) is 2.74. The van der Waals surface area contributed by atoms with E-state index >= 15 is 0 Å². The Labute approximate surface area is 106 Å². The van der Waals surface area contributed by atoms with Crippen LogP contribution >= 0.6 is 0 Å². The van der Waals surface area contributed by atoms with Crippen LogP contribution in [-0.4, -0.2) is 20.8 Å². The van der Waals surface area contributed by atoms with Crippen molar-refractivity contribution in [2.24, 2.45) is 7.05 Å². The van der Waals surface area contributed by atoms with Crippen molar-refractivity contribution in [3.05, 3.63) is 47.3 Å². The van der Waals surface area contributed by atoms with E-state index in [1.165, 1.54) is 16.8 Å². The molecule has 0 aliphatic heterocycles. The first kappa shape index (κ1) is 13.3. The van der Waals surface area contributed by atoms with Gasteiger partial charge in [-0.25, -0.2) is 0 Å². The fourth-order valence-corrected chi connectivity index (χ4v) is 1.59. The fourth-order valence-electron chi connectivity index (χ4n) is 1.59. The molecule has 0 saturated heterocycles. The molecule has 1 aromatic heterocycles. The van der Waals surface area contributed by atoms with Gasteiger partial charge in [-0.05, 0) is 12.1 Å². The average molecular weight is 269 g/mol. The number of alkyl halides is 3. The van der Waals surface area contributed by atoms with Gasteiger partial charge in [-0.2, -0.15) is 13.2 Å². The third kappa shape index (κ3) is 3.18. The van der Waals surface area contributed by atoms with Crippen molar-refractivity contribution in [2.75, 3.05) is 0 Å². The molecule has 100 valence electrons. The lowest BCUT2D eigenvalue weighted by Gasteiger charge is -2.06. The zero-order chi connectivity index (χ0) is 14.0. The Bertz CT molecular complexity index is 587. The van der Waals surface area contributed by atoms with E-state index in [4.69, 9.17) is 0 Å². The lowest BCUT2D eigenvalue weighted by atomic mass is 10.0. The van der Waals surface area contributed by atoms with Crippen LogP contribution in [-0.2, 0) is 19.6 Å². The first-order valence-corrected chi connectivity index (χ1v) is 5.42. The number of carbonyl (C=O) groups is 1. The summed E-state index contributed by atoms with van der Waals surface area (Å²) in [5, 5.41) is 7.43. The number of benzene rings is 1. The van der Waals surface area contributed by atoms with Gasteiger partial charge < -0.3 is 0 Å². The molecule has 0 atom stereocenters. The van der Waals surface area contributed by atoms with Gasteiger partial charge in [-0.15, -0.1) is 5.10 Å². The Hall–Kier alpha value is -2.18. The highest BCUT2D eigenvalue weighted by molar-refractivity contribution is 5.97. The van der Waals surface area contributed by atoms with E-state index in [1.54, 1.807) is 13.2 Å². The molecule has 2 rings (SSSR count). The number of rotatable bonds is 3. The molecule has 0 amide bonds. The largest absolute Gasteiger partial charge is 0.416 e. The molecule has 0 N–H and O–H groups in total. The zero-order valence-corrected chi connectivity index (χ0v) is 9.98. The van der Waals surface area contributed by atoms with Crippen molar-refractivity contribution >= 4 is 5.78 Å². The highest BCUT2D eigenvalue weighted by Crippen LogP contribution is 2.29. The Morgan fingerprint density at radius 1 is 1.26 bits per heavy atom. The lowest BCUT2D eigenvalue weighted by molar-refractivity contribution is -0.137. The zero-order valence-electron chi connectivity index (χ0n) is 9.98. The third-order valence-electron chi connectivity index (χ3n) is 2.53. The number of nitrogens with zero attached hydrogens (tertiary/aromatic N) is 3. The van der Waals surface area contributed by atoms with E-state index in [-0.39, 0.29) is 17.8 Å². The van der Waals surface area contributed by atoms with Crippen LogP contribution < -0.4 is 0 Å². The molecule has 0 bridgehead atoms. The first-order chi connectivity index (χ1) is 8.86. The first-order valence-electron chi connectivity index (χ1n) is 5.42. The molecule has 0 spiro atoms. The van der Waals surface area contributed by atoms with Gasteiger partial charge in [0.2, 0.25) is 0 Å². The predicted octanol–water partition coefficient (Wildman–Crippen LogP) is 2.26. The maximum Gasteiger partial charge on any atom is 0.416 e. The molecule has 0 fully saturated rings. The number of hydrogen-bond acceptors (Lipinski definition) is 3. The van der Waals surface area contributed by atoms with Gasteiger partial charge in [0.05, 0.1) is 17.7 Å². The Balaban J connectivity index is 2.12. The fraction of sp³-hybridized carbons (Fsp3) is 0.250. The minimum Gasteiger partial charge on any atom is -0.294 e. The molecule has 19 heavy (non-hydrogen) atoms. The van der Waals surface area contributed by atoms with Crippen molar-refractivity contribution in [1.82, 2.24) is 15.0 Å². The molecule has 4 nitrogen and oxygen atoms in total. The summed E-state index contributed by atoms with van der Waals surface area (Å²) in [6.07, 6.45) is -2.80. The van der Waals surface area contributed by atoms with Crippen molar-refractivity contribution in [2.45, 2.75) is 12.6 Å². The van der Waals surface area contributed by atoms with Crippen LogP contribution in [0.25, 0.3) is 0 Å². The van der Waals surface area contributed by atoms with Crippen molar-refractivity contribution in [1.29, 1.82) is 0 Å². The highest BCUT2D eigenvalue weighted by atomic mass is 19.4. The predicted molar refractivity (Wildman–Crippen MR) is 60.5 cm³/mol. The van der Waals surface area contributed by atoms with Gasteiger partial charge in [0.1, 0.15) is 0 Å². The number of Topliss-reactive ketones (excluding diaryl/α,β-unsaturated/α-hetero) is 1. The van der Waals surface area contributed by atoms with Gasteiger partial charge in [-0.1, -0.05) is 17.3 Å². The van der Waals surface area contributed by atoms with Crippen LogP contribution in [0.2, 0.25) is 0 Å². The van der Waals surface area contributed by atoms with Crippen LogP contribution in [0.5, 0.6) is 0 Å². The van der Waals surface area contributed by atoms with E-state index in [0.29, 0.717) is 5.69 Å². The van der Waals surface area contributed by atoms with Crippen LogP contribution in [0.4, 0.5) is 13.2 Å². The maximum absolute atomic E-state index is 12.4. The number of halogens is 3. The number of aryl methyl sites for hydroxylation is 1. The van der Waals surface area contributed by atoms with E-state index < -0.39 is 11.7 Å². The quantitative estimate of drug-likeness (QED) is 0.803. The van der Waals surface area contributed by atoms with E-state index in [1.807, 2.05) is 0 Å². The van der Waals surface area contributed by atoms with Crippen molar-refractivity contribution in [3.8, 4) is 0 Å². The van der Waals surface area contributed by atoms with Crippen LogP contribution in [0.3, 0.4) is 0 Å². The van der Waals surface area contributed by atoms with Gasteiger partial charge in [0.15, 0.2) is 5.78 Å². The third-order valence-corrected chi connectivity index (χ3v) is 2.53. The molecular weight excluding hydrogens is 259 g/mol. The van der Waals surface area contributed by atoms with E-state index in [9.17, 15) is 18.0 Å². The standard InChI is InChI=1S/C12H10F3N3O/c1-18-7-10(16-17-18)6-11(19)8-2-4-9(5-3-8)12(13,14)15/h2-5,7H,6H2,1H3. The summed E-state index contributed by atoms with van der Waals surface area (Å²) in [6, 6.07) is 4.12. The van der Waals surface area contributed by atoms with Crippen molar-refractivity contribution in [3.63, 3.8) is 0 Å². The van der Waals surface area contributed by atoms with E-state index in [0.717, 1.165) is 12.1 Å². The van der Waals surface area contributed by atoms with Crippen LogP contribution in [0.15, 0.2) is 30.5 Å². The molecule has 0 unspecified atom stereocenters. The second kappa shape index (κ2) is 4.83. The van der Waals surface area contributed by atoms with E-state index in [2.05, 4.69) is 10.3 Å². The second-order valence-corrected chi connectivity index (χ2v) is 4.06. The Morgan fingerprint density at radius 3 is 2.37 bits per heavy atom. The molecule has 1 heterocycles. The monoisotopic (exact) mass is 269 g/mol. The van der Waals surface area contributed by atoms with Gasteiger partial charge in [0, 0.05) is 18.8 Å². The Kier molecular flexibility index (Phi) is 3.37. The van der Waals surface area contributed by atoms with Gasteiger partial charge in [0.25, 0.3) is 0 Å². The van der Waals surface area contributed by atoms with Crippen molar-refractivity contribution < 1.29 is 18.0 Å². The summed E-state index contributed by atoms with van der Waals surface area (Å²) in [5.41, 5.74) is -0.0744. The smallest absolute Gasteiger partial charge is 0.294 e. The minimum absolute atomic E-state index is 0.0131. The summed E-state index contributed by atoms with van der Waals surface area (Å²) in [4.78, 5) is 11.8. The molecule has 0 saturated carbocycles. The molecule has 2 aromatic rings. The molecule has 0 radical (unpaired) electrons. The number of ketones is 1. The summed E-state index contributed by atoms with van der Waals surface area (Å²) in [7, 11) is 1.67. The topological polar surface area (TPSA) is 47.8 Å². The minimum atomic E-state index is -4.40. The van der Waals surface area contributed by atoms with Gasteiger partial charge in [-0.3, -0.25) is 9.48 Å². The molecule has 7 heteroatoms. The molecular formula is C12H10F3N3O. The summed E-state index contributed by atoms with van der Waals surface area (Å²) in [5.74, 6) is -0.297. The summed E-state index contributed by atoms with van der Waals surface area (Å²) < 4.78 is 38.5. The molecule has 0 aliphatic carbocycles. The number of carbonyl (C=O) groups excluding carboxylic acids is 1. The van der Waals surface area contributed by atoms with Gasteiger partial charge >= 0.3 is 6.18 Å². The number of hydrogen-bond donors (Lipinski definition) is 0. The Morgan fingerprint density at radius 2 is 1.89 bits per heavy atom. The summed E-state index contributed by atoms with van der Waals surface area (Å²) in [6.45, 7) is 0. The SMILES string of the molecule is Cn1cc(CC(=O)c2ccc(C(F)(F)F)cc2)nn1. The second-order valence-electron chi connectivity index (χ2n) is 4.06. The van der Waals surface area contributed by atoms with Crippen LogP contribution in [0, 0.1) is 0 Å². The molecule has 0 aliphatic rings.